The van der Waals surface area contributed by atoms with Gasteiger partial charge < -0.3 is 10.5 Å². The van der Waals surface area contributed by atoms with Crippen molar-refractivity contribution in [3.05, 3.63) is 0 Å². The van der Waals surface area contributed by atoms with Crippen molar-refractivity contribution in [2.45, 2.75) is 32.9 Å². The van der Waals surface area contributed by atoms with Crippen LogP contribution in [0.4, 0.5) is 0 Å². The van der Waals surface area contributed by atoms with Crippen molar-refractivity contribution in [2.24, 2.45) is 5.73 Å². The molecule has 0 saturated carbocycles. The second-order valence-electron chi connectivity index (χ2n) is 4.94. The van der Waals surface area contributed by atoms with E-state index in [4.69, 9.17) is 15.9 Å². The standard InChI is InChI=1S/C12H26N4O/c1-10(2)16-6-4-15(5-7-16)8-9-17-11(3)12(13)14/h10-11H,4-9H2,1-3H3,(H3,13,14). The Labute approximate surface area is 104 Å². The number of nitrogens with two attached hydrogens (primary N) is 1. The van der Waals surface area contributed by atoms with Crippen molar-refractivity contribution >= 4 is 5.84 Å². The molecule has 1 heterocycles. The second kappa shape index (κ2) is 6.93. The van der Waals surface area contributed by atoms with Gasteiger partial charge in [-0.15, -0.1) is 0 Å². The van der Waals surface area contributed by atoms with E-state index in [-0.39, 0.29) is 11.9 Å². The highest BCUT2D eigenvalue weighted by atomic mass is 16.5. The molecular formula is C12H26N4O. The van der Waals surface area contributed by atoms with Crippen LogP contribution in [0.3, 0.4) is 0 Å². The highest BCUT2D eigenvalue weighted by Crippen LogP contribution is 2.05. The van der Waals surface area contributed by atoms with Crippen LogP contribution in [0.2, 0.25) is 0 Å². The van der Waals surface area contributed by atoms with Gasteiger partial charge in [0, 0.05) is 38.8 Å². The lowest BCUT2D eigenvalue weighted by Crippen LogP contribution is -2.49. The van der Waals surface area contributed by atoms with Crippen LogP contribution in [0, 0.1) is 5.41 Å². The molecule has 1 rings (SSSR count). The molecule has 0 amide bonds. The Morgan fingerprint density at radius 3 is 2.29 bits per heavy atom. The zero-order valence-electron chi connectivity index (χ0n) is 11.3. The first-order valence-corrected chi connectivity index (χ1v) is 6.42. The predicted octanol–water partition coefficient (Wildman–Crippen LogP) is 0.353. The van der Waals surface area contributed by atoms with Crippen LogP contribution in [0.25, 0.3) is 0 Å². The maximum Gasteiger partial charge on any atom is 0.120 e. The van der Waals surface area contributed by atoms with E-state index in [0.717, 1.165) is 32.7 Å². The quantitative estimate of drug-likeness (QED) is 0.521. The minimum atomic E-state index is -0.257. The molecule has 1 unspecified atom stereocenters. The lowest BCUT2D eigenvalue weighted by Gasteiger charge is -2.36. The average molecular weight is 242 g/mol. The molecule has 1 fully saturated rings. The van der Waals surface area contributed by atoms with Crippen molar-refractivity contribution in [1.82, 2.24) is 9.80 Å². The lowest BCUT2D eigenvalue weighted by molar-refractivity contribution is 0.0556. The first kappa shape index (κ1) is 14.4. The normalized spacial score (nSPS) is 20.7. The molecule has 1 aliphatic rings. The Kier molecular flexibility index (Phi) is 5.88. The zero-order valence-corrected chi connectivity index (χ0v) is 11.3. The van der Waals surface area contributed by atoms with Gasteiger partial charge in [-0.2, -0.15) is 0 Å². The van der Waals surface area contributed by atoms with E-state index in [9.17, 15) is 0 Å². The lowest BCUT2D eigenvalue weighted by atomic mass is 10.2. The predicted molar refractivity (Wildman–Crippen MR) is 70.5 cm³/mol. The fourth-order valence-corrected chi connectivity index (χ4v) is 1.95. The van der Waals surface area contributed by atoms with Gasteiger partial charge in [-0.25, -0.2) is 0 Å². The molecule has 0 bridgehead atoms. The average Bonchev–Trinajstić information content (AvgIpc) is 2.29. The van der Waals surface area contributed by atoms with Gasteiger partial charge in [0.25, 0.3) is 0 Å². The van der Waals surface area contributed by atoms with Crippen LogP contribution in [0.1, 0.15) is 20.8 Å². The van der Waals surface area contributed by atoms with Gasteiger partial charge in [0.1, 0.15) is 11.9 Å². The third-order valence-electron chi connectivity index (χ3n) is 3.35. The fourth-order valence-electron chi connectivity index (χ4n) is 1.95. The van der Waals surface area contributed by atoms with Crippen LogP contribution in [-0.4, -0.2) is 67.1 Å². The molecule has 1 atom stereocenters. The topological polar surface area (TPSA) is 65.6 Å². The van der Waals surface area contributed by atoms with Gasteiger partial charge in [0.05, 0.1) is 6.61 Å². The molecule has 0 radical (unpaired) electrons. The summed E-state index contributed by atoms with van der Waals surface area (Å²) in [6.07, 6.45) is -0.257. The number of hydrogen-bond acceptors (Lipinski definition) is 4. The molecule has 1 saturated heterocycles. The Hall–Kier alpha value is -0.650. The Morgan fingerprint density at radius 2 is 1.82 bits per heavy atom. The number of piperazine rings is 1. The van der Waals surface area contributed by atoms with Crippen LogP contribution >= 0.6 is 0 Å². The summed E-state index contributed by atoms with van der Waals surface area (Å²) in [6, 6.07) is 0.645. The summed E-state index contributed by atoms with van der Waals surface area (Å²) in [5.74, 6) is 0.106. The van der Waals surface area contributed by atoms with Gasteiger partial charge in [0.15, 0.2) is 0 Å². The van der Waals surface area contributed by atoms with Gasteiger partial charge in [0.2, 0.25) is 0 Å². The zero-order chi connectivity index (χ0) is 12.8. The molecule has 0 aromatic carbocycles. The number of nitrogens with zero attached hydrogens (tertiary/aromatic N) is 2. The Morgan fingerprint density at radius 1 is 1.24 bits per heavy atom. The van der Waals surface area contributed by atoms with E-state index in [1.807, 2.05) is 6.92 Å². The Bertz CT molecular complexity index is 237. The maximum atomic E-state index is 7.23. The van der Waals surface area contributed by atoms with Crippen LogP contribution in [0.5, 0.6) is 0 Å². The van der Waals surface area contributed by atoms with E-state index >= 15 is 0 Å². The first-order valence-electron chi connectivity index (χ1n) is 6.42. The van der Waals surface area contributed by atoms with Crippen molar-refractivity contribution in [3.63, 3.8) is 0 Å². The van der Waals surface area contributed by atoms with E-state index in [0.29, 0.717) is 12.6 Å². The summed E-state index contributed by atoms with van der Waals surface area (Å²) in [6.45, 7) is 12.4. The molecular weight excluding hydrogens is 216 g/mol. The monoisotopic (exact) mass is 242 g/mol. The minimum Gasteiger partial charge on any atom is -0.385 e. The molecule has 17 heavy (non-hydrogen) atoms. The largest absolute Gasteiger partial charge is 0.385 e. The maximum absolute atomic E-state index is 7.23. The molecule has 5 heteroatoms. The third-order valence-corrected chi connectivity index (χ3v) is 3.35. The molecule has 1 aliphatic heterocycles. The number of nitrogens with one attached hydrogen (secondary N) is 1. The highest BCUT2D eigenvalue weighted by Gasteiger charge is 2.18. The summed E-state index contributed by atoms with van der Waals surface area (Å²) in [5.41, 5.74) is 5.34. The molecule has 3 N–H and O–H groups in total. The summed E-state index contributed by atoms with van der Waals surface area (Å²) in [7, 11) is 0. The van der Waals surface area contributed by atoms with Crippen LogP contribution in [0.15, 0.2) is 0 Å². The van der Waals surface area contributed by atoms with E-state index in [1.54, 1.807) is 0 Å². The van der Waals surface area contributed by atoms with Gasteiger partial charge in [-0.1, -0.05) is 0 Å². The van der Waals surface area contributed by atoms with Crippen molar-refractivity contribution in [3.8, 4) is 0 Å². The smallest absolute Gasteiger partial charge is 0.120 e. The molecule has 5 nitrogen and oxygen atoms in total. The fraction of sp³-hybridized carbons (Fsp3) is 0.917. The number of amidine groups is 1. The Balaban J connectivity index is 2.12. The molecule has 0 aliphatic carbocycles. The third kappa shape index (κ3) is 5.02. The van der Waals surface area contributed by atoms with Gasteiger partial charge >= 0.3 is 0 Å². The molecule has 0 aromatic heterocycles. The van der Waals surface area contributed by atoms with Crippen molar-refractivity contribution in [2.75, 3.05) is 39.3 Å². The number of hydrogen-bond donors (Lipinski definition) is 2. The summed E-state index contributed by atoms with van der Waals surface area (Å²) >= 11 is 0. The highest BCUT2D eigenvalue weighted by molar-refractivity contribution is 5.81. The van der Waals surface area contributed by atoms with Crippen LogP contribution in [-0.2, 0) is 4.74 Å². The summed E-state index contributed by atoms with van der Waals surface area (Å²) in [4.78, 5) is 4.90. The van der Waals surface area contributed by atoms with Crippen molar-refractivity contribution in [1.29, 1.82) is 5.41 Å². The van der Waals surface area contributed by atoms with Gasteiger partial charge in [-0.05, 0) is 20.8 Å². The molecule has 100 valence electrons. The molecule has 0 aromatic rings. The minimum absolute atomic E-state index is 0.106. The van der Waals surface area contributed by atoms with Crippen LogP contribution < -0.4 is 5.73 Å². The van der Waals surface area contributed by atoms with E-state index in [1.165, 1.54) is 0 Å². The number of ether oxygens (including phenoxy) is 1. The van der Waals surface area contributed by atoms with E-state index in [2.05, 4.69) is 23.6 Å². The summed E-state index contributed by atoms with van der Waals surface area (Å²) in [5, 5.41) is 7.23. The number of rotatable bonds is 6. The first-order chi connectivity index (χ1) is 8.00. The van der Waals surface area contributed by atoms with Gasteiger partial charge in [-0.3, -0.25) is 15.2 Å². The molecule has 0 spiro atoms. The summed E-state index contributed by atoms with van der Waals surface area (Å²) < 4.78 is 5.48. The second-order valence-corrected chi connectivity index (χ2v) is 4.94. The SMILES string of the molecule is CC(OCCN1CCN(C(C)C)CC1)C(=N)N. The van der Waals surface area contributed by atoms with Crippen molar-refractivity contribution < 1.29 is 4.74 Å². The van der Waals surface area contributed by atoms with E-state index < -0.39 is 0 Å².